The van der Waals surface area contributed by atoms with E-state index < -0.39 is 0 Å². The summed E-state index contributed by atoms with van der Waals surface area (Å²) in [5, 5.41) is 8.89. The lowest BCUT2D eigenvalue weighted by molar-refractivity contribution is 0.520. The highest BCUT2D eigenvalue weighted by Crippen LogP contribution is 2.07. The van der Waals surface area contributed by atoms with Crippen molar-refractivity contribution in [3.05, 3.63) is 35.9 Å². The van der Waals surface area contributed by atoms with E-state index >= 15 is 0 Å². The number of nitrogens with zero attached hydrogens (tertiary/aromatic N) is 4. The zero-order valence-electron chi connectivity index (χ0n) is 12.0. The predicted octanol–water partition coefficient (Wildman–Crippen LogP) is 1.99. The van der Waals surface area contributed by atoms with Crippen LogP contribution in [-0.2, 0) is 13.0 Å². The molecule has 0 spiro atoms. The number of aromatic nitrogens is 4. The monoisotopic (exact) mass is 261 g/mol. The number of rotatable bonds is 6. The molecule has 2 aromatic heterocycles. The Hall–Kier alpha value is -1.62. The Morgan fingerprint density at radius 3 is 2.79 bits per heavy atom. The first-order valence-corrected chi connectivity index (χ1v) is 6.89. The highest BCUT2D eigenvalue weighted by Gasteiger charge is 2.06. The van der Waals surface area contributed by atoms with Crippen LogP contribution >= 0.6 is 0 Å². The predicted molar refractivity (Wildman–Crippen MR) is 75.9 cm³/mol. The summed E-state index contributed by atoms with van der Waals surface area (Å²) in [5.74, 6) is 0. The quantitative estimate of drug-likeness (QED) is 0.865. The van der Waals surface area contributed by atoms with E-state index in [1.54, 1.807) is 0 Å². The van der Waals surface area contributed by atoms with Gasteiger partial charge in [-0.2, -0.15) is 10.2 Å². The zero-order valence-corrected chi connectivity index (χ0v) is 12.0. The van der Waals surface area contributed by atoms with E-state index in [0.717, 1.165) is 18.5 Å². The maximum Gasteiger partial charge on any atom is 0.0849 e. The van der Waals surface area contributed by atoms with Crippen molar-refractivity contribution in [1.29, 1.82) is 0 Å². The molecule has 19 heavy (non-hydrogen) atoms. The Morgan fingerprint density at radius 1 is 1.37 bits per heavy atom. The Kier molecular flexibility index (Phi) is 4.37. The van der Waals surface area contributed by atoms with Crippen LogP contribution in [0.2, 0.25) is 0 Å². The molecule has 2 aromatic rings. The van der Waals surface area contributed by atoms with Crippen LogP contribution in [0.5, 0.6) is 0 Å². The van der Waals surface area contributed by atoms with Crippen LogP contribution in [0.4, 0.5) is 0 Å². The molecule has 0 aliphatic carbocycles. The Balaban J connectivity index is 1.99. The maximum absolute atomic E-state index is 5.95. The molecule has 0 saturated heterocycles. The lowest BCUT2D eigenvalue weighted by Gasteiger charge is -2.05. The largest absolute Gasteiger partial charge is 0.327 e. The van der Waals surface area contributed by atoms with Gasteiger partial charge in [-0.1, -0.05) is 6.92 Å². The molecule has 5 nitrogen and oxygen atoms in total. The molecule has 0 radical (unpaired) electrons. The molecule has 0 fully saturated rings. The fraction of sp³-hybridized carbons (Fsp3) is 0.571. The minimum Gasteiger partial charge on any atom is -0.327 e. The van der Waals surface area contributed by atoms with Gasteiger partial charge in [0.1, 0.15) is 0 Å². The second-order valence-electron chi connectivity index (χ2n) is 5.30. The SMILES string of the molecule is CCC(N)Cc1cnn(Cc2ccn(C(C)C)n2)c1. The van der Waals surface area contributed by atoms with Gasteiger partial charge in [0.25, 0.3) is 0 Å². The van der Waals surface area contributed by atoms with Gasteiger partial charge in [-0.25, -0.2) is 0 Å². The number of hydrogen-bond donors (Lipinski definition) is 1. The van der Waals surface area contributed by atoms with Crippen LogP contribution < -0.4 is 5.73 Å². The van der Waals surface area contributed by atoms with Crippen molar-refractivity contribution in [3.8, 4) is 0 Å². The molecule has 0 saturated carbocycles. The molecule has 0 aliphatic rings. The first kappa shape index (κ1) is 13.8. The Morgan fingerprint density at radius 2 is 2.16 bits per heavy atom. The van der Waals surface area contributed by atoms with Crippen molar-refractivity contribution in [3.63, 3.8) is 0 Å². The summed E-state index contributed by atoms with van der Waals surface area (Å²) in [4.78, 5) is 0. The highest BCUT2D eigenvalue weighted by atomic mass is 15.3. The summed E-state index contributed by atoms with van der Waals surface area (Å²) in [5.41, 5.74) is 8.17. The normalized spacial score (nSPS) is 13.1. The molecule has 1 unspecified atom stereocenters. The summed E-state index contributed by atoms with van der Waals surface area (Å²) in [7, 11) is 0. The van der Waals surface area contributed by atoms with Crippen LogP contribution in [0, 0.1) is 0 Å². The van der Waals surface area contributed by atoms with E-state index in [0.29, 0.717) is 12.6 Å². The summed E-state index contributed by atoms with van der Waals surface area (Å²) in [6.07, 6.45) is 7.84. The third-order valence-electron chi connectivity index (χ3n) is 3.23. The standard InChI is InChI=1S/C14H23N5/c1-4-13(15)7-12-8-16-18(9-12)10-14-5-6-19(17-14)11(2)3/h5-6,8-9,11,13H,4,7,10,15H2,1-3H3. The van der Waals surface area contributed by atoms with Crippen molar-refractivity contribution < 1.29 is 0 Å². The van der Waals surface area contributed by atoms with Gasteiger partial charge in [-0.05, 0) is 38.3 Å². The van der Waals surface area contributed by atoms with Gasteiger partial charge >= 0.3 is 0 Å². The fourth-order valence-electron chi connectivity index (χ4n) is 1.96. The molecule has 1 atom stereocenters. The van der Waals surface area contributed by atoms with Crippen LogP contribution in [0.1, 0.15) is 44.5 Å². The van der Waals surface area contributed by atoms with Gasteiger partial charge in [0.2, 0.25) is 0 Å². The average Bonchev–Trinajstić information content (AvgIpc) is 2.99. The van der Waals surface area contributed by atoms with E-state index in [1.165, 1.54) is 5.56 Å². The lowest BCUT2D eigenvalue weighted by atomic mass is 10.1. The lowest BCUT2D eigenvalue weighted by Crippen LogP contribution is -2.21. The van der Waals surface area contributed by atoms with Crippen LogP contribution in [-0.4, -0.2) is 25.6 Å². The van der Waals surface area contributed by atoms with Gasteiger partial charge < -0.3 is 5.73 Å². The Labute approximate surface area is 114 Å². The van der Waals surface area contributed by atoms with Crippen molar-refractivity contribution >= 4 is 0 Å². The highest BCUT2D eigenvalue weighted by molar-refractivity contribution is 5.08. The van der Waals surface area contributed by atoms with E-state index in [4.69, 9.17) is 5.73 Å². The summed E-state index contributed by atoms with van der Waals surface area (Å²) < 4.78 is 3.89. The van der Waals surface area contributed by atoms with Gasteiger partial charge in [0, 0.05) is 24.5 Å². The van der Waals surface area contributed by atoms with Gasteiger partial charge in [-0.15, -0.1) is 0 Å². The third-order valence-corrected chi connectivity index (χ3v) is 3.23. The Bertz CT molecular complexity index is 511. The van der Waals surface area contributed by atoms with Crippen molar-refractivity contribution in [2.75, 3.05) is 0 Å². The maximum atomic E-state index is 5.95. The summed E-state index contributed by atoms with van der Waals surface area (Å²) in [6, 6.07) is 2.65. The minimum absolute atomic E-state index is 0.220. The van der Waals surface area contributed by atoms with Crippen LogP contribution in [0.25, 0.3) is 0 Å². The molecule has 5 heteroatoms. The molecule has 2 N–H and O–H groups in total. The molecule has 0 amide bonds. The van der Waals surface area contributed by atoms with Crippen molar-refractivity contribution in [2.24, 2.45) is 5.73 Å². The molecule has 2 rings (SSSR count). The smallest absolute Gasteiger partial charge is 0.0849 e. The third kappa shape index (κ3) is 3.67. The van der Waals surface area contributed by atoms with E-state index in [1.807, 2.05) is 27.8 Å². The molecule has 0 aromatic carbocycles. The van der Waals surface area contributed by atoms with Crippen molar-refractivity contribution in [2.45, 2.75) is 52.2 Å². The van der Waals surface area contributed by atoms with E-state index in [2.05, 4.69) is 37.2 Å². The molecular weight excluding hydrogens is 238 g/mol. The van der Waals surface area contributed by atoms with Crippen LogP contribution in [0.3, 0.4) is 0 Å². The second-order valence-corrected chi connectivity index (χ2v) is 5.30. The summed E-state index contributed by atoms with van der Waals surface area (Å²) in [6.45, 7) is 7.05. The van der Waals surface area contributed by atoms with Crippen LogP contribution in [0.15, 0.2) is 24.7 Å². The average molecular weight is 261 g/mol. The number of hydrogen-bond acceptors (Lipinski definition) is 3. The fourth-order valence-corrected chi connectivity index (χ4v) is 1.96. The van der Waals surface area contributed by atoms with Gasteiger partial charge in [0.15, 0.2) is 0 Å². The molecule has 2 heterocycles. The molecule has 104 valence electrons. The molecule has 0 bridgehead atoms. The second kappa shape index (κ2) is 6.02. The minimum atomic E-state index is 0.220. The first-order valence-electron chi connectivity index (χ1n) is 6.89. The first-order chi connectivity index (χ1) is 9.08. The van der Waals surface area contributed by atoms with Gasteiger partial charge in [0.05, 0.1) is 18.4 Å². The van der Waals surface area contributed by atoms with E-state index in [-0.39, 0.29) is 6.04 Å². The topological polar surface area (TPSA) is 61.7 Å². The van der Waals surface area contributed by atoms with E-state index in [9.17, 15) is 0 Å². The van der Waals surface area contributed by atoms with Gasteiger partial charge in [-0.3, -0.25) is 9.36 Å². The summed E-state index contributed by atoms with van der Waals surface area (Å²) >= 11 is 0. The zero-order chi connectivity index (χ0) is 13.8. The molecular formula is C14H23N5. The number of nitrogens with two attached hydrogens (primary N) is 1. The molecule has 0 aliphatic heterocycles. The van der Waals surface area contributed by atoms with Crippen molar-refractivity contribution in [1.82, 2.24) is 19.6 Å².